The van der Waals surface area contributed by atoms with Crippen LogP contribution in [0, 0.1) is 23.2 Å². The van der Waals surface area contributed by atoms with E-state index in [-0.39, 0.29) is 5.54 Å². The number of methoxy groups -OCH3 is 1. The maximum atomic E-state index is 9.77. The van der Waals surface area contributed by atoms with E-state index >= 15 is 0 Å². The lowest BCUT2D eigenvalue weighted by atomic mass is 9.91. The van der Waals surface area contributed by atoms with E-state index in [2.05, 4.69) is 16.3 Å². The van der Waals surface area contributed by atoms with Crippen LogP contribution in [0.15, 0.2) is 0 Å². The average Bonchev–Trinajstić information content (AvgIpc) is 3.33. The molecule has 1 saturated heterocycles. The molecule has 112 valence electrons. The Hall–Kier alpha value is -0.630. The van der Waals surface area contributed by atoms with Gasteiger partial charge in [-0.25, -0.2) is 0 Å². The Labute approximate surface area is 122 Å². The highest BCUT2D eigenvalue weighted by molar-refractivity contribution is 5.18. The third kappa shape index (κ3) is 3.33. The molecule has 1 heterocycles. The standard InChI is InChI=1S/C16H27N3O/c1-20-10-13-6-8-19(9-7-13)12-16(11-17,14-2-3-14)18-15-4-5-15/h13-15,18H,2-10,12H2,1H3. The molecule has 3 aliphatic rings. The molecule has 4 nitrogen and oxygen atoms in total. The van der Waals surface area contributed by atoms with Crippen LogP contribution >= 0.6 is 0 Å². The molecule has 2 saturated carbocycles. The molecule has 1 aliphatic heterocycles. The summed E-state index contributed by atoms with van der Waals surface area (Å²) in [4.78, 5) is 2.50. The van der Waals surface area contributed by atoms with E-state index in [0.29, 0.717) is 17.9 Å². The normalized spacial score (nSPS) is 28.0. The smallest absolute Gasteiger partial charge is 0.122 e. The molecule has 3 fully saturated rings. The molecule has 0 aromatic heterocycles. The largest absolute Gasteiger partial charge is 0.384 e. The Morgan fingerprint density at radius 2 is 1.90 bits per heavy atom. The Kier molecular flexibility index (Phi) is 4.30. The maximum absolute atomic E-state index is 9.77. The molecule has 20 heavy (non-hydrogen) atoms. The third-order valence-electron chi connectivity index (χ3n) is 5.10. The fourth-order valence-electron chi connectivity index (χ4n) is 3.52. The van der Waals surface area contributed by atoms with Gasteiger partial charge >= 0.3 is 0 Å². The van der Waals surface area contributed by atoms with Crippen molar-refractivity contribution >= 4 is 0 Å². The molecule has 0 spiro atoms. The highest BCUT2D eigenvalue weighted by Crippen LogP contribution is 2.42. The van der Waals surface area contributed by atoms with E-state index in [1.165, 1.54) is 38.5 Å². The predicted molar refractivity (Wildman–Crippen MR) is 78.3 cm³/mol. The van der Waals surface area contributed by atoms with E-state index in [4.69, 9.17) is 4.74 Å². The van der Waals surface area contributed by atoms with E-state index in [1.807, 2.05) is 0 Å². The van der Waals surface area contributed by atoms with E-state index < -0.39 is 0 Å². The van der Waals surface area contributed by atoms with Gasteiger partial charge < -0.3 is 9.64 Å². The summed E-state index contributed by atoms with van der Waals surface area (Å²) in [5.74, 6) is 1.30. The molecule has 0 aromatic carbocycles. The lowest BCUT2D eigenvalue weighted by Gasteiger charge is -2.38. The van der Waals surface area contributed by atoms with Gasteiger partial charge in [-0.15, -0.1) is 0 Å². The van der Waals surface area contributed by atoms with Gasteiger partial charge in [-0.3, -0.25) is 5.32 Å². The number of hydrogen-bond donors (Lipinski definition) is 1. The molecular formula is C16H27N3O. The summed E-state index contributed by atoms with van der Waals surface area (Å²) in [6.07, 6.45) is 7.39. The molecular weight excluding hydrogens is 250 g/mol. The van der Waals surface area contributed by atoms with Crippen LogP contribution in [0.5, 0.6) is 0 Å². The van der Waals surface area contributed by atoms with Crippen molar-refractivity contribution in [1.29, 1.82) is 5.26 Å². The first-order chi connectivity index (χ1) is 9.75. The molecule has 0 radical (unpaired) electrons. The second-order valence-corrected chi connectivity index (χ2v) is 6.95. The van der Waals surface area contributed by atoms with Gasteiger partial charge in [0.05, 0.1) is 6.07 Å². The van der Waals surface area contributed by atoms with Crippen molar-refractivity contribution in [3.8, 4) is 6.07 Å². The van der Waals surface area contributed by atoms with Crippen molar-refractivity contribution in [2.75, 3.05) is 33.4 Å². The minimum atomic E-state index is -0.269. The van der Waals surface area contributed by atoms with Crippen molar-refractivity contribution < 1.29 is 4.74 Å². The summed E-state index contributed by atoms with van der Waals surface area (Å²) in [7, 11) is 1.79. The molecule has 2 aliphatic carbocycles. The first-order valence-electron chi connectivity index (χ1n) is 8.16. The van der Waals surface area contributed by atoms with E-state index in [9.17, 15) is 5.26 Å². The molecule has 4 heteroatoms. The molecule has 1 unspecified atom stereocenters. The number of nitrogens with one attached hydrogen (secondary N) is 1. The molecule has 1 N–H and O–H groups in total. The van der Waals surface area contributed by atoms with Gasteiger partial charge in [0.15, 0.2) is 0 Å². The van der Waals surface area contributed by atoms with Crippen LogP contribution in [0.4, 0.5) is 0 Å². The minimum absolute atomic E-state index is 0.269. The van der Waals surface area contributed by atoms with Crippen molar-refractivity contribution in [3.63, 3.8) is 0 Å². The zero-order valence-electron chi connectivity index (χ0n) is 12.6. The van der Waals surface area contributed by atoms with Crippen LogP contribution in [0.1, 0.15) is 38.5 Å². The van der Waals surface area contributed by atoms with Crippen molar-refractivity contribution in [1.82, 2.24) is 10.2 Å². The number of rotatable bonds is 7. The van der Waals surface area contributed by atoms with Gasteiger partial charge in [-0.05, 0) is 63.5 Å². The number of piperidine rings is 1. The van der Waals surface area contributed by atoms with Crippen molar-refractivity contribution in [2.45, 2.75) is 50.1 Å². The maximum Gasteiger partial charge on any atom is 0.122 e. The summed E-state index contributed by atoms with van der Waals surface area (Å²) in [5, 5.41) is 13.4. The van der Waals surface area contributed by atoms with Crippen LogP contribution in [0.25, 0.3) is 0 Å². The number of nitrogens with zero attached hydrogens (tertiary/aromatic N) is 2. The highest BCUT2D eigenvalue weighted by atomic mass is 16.5. The molecule has 3 rings (SSSR count). The Morgan fingerprint density at radius 3 is 2.40 bits per heavy atom. The summed E-state index contributed by atoms with van der Waals surface area (Å²) < 4.78 is 5.26. The van der Waals surface area contributed by atoms with Crippen LogP contribution < -0.4 is 5.32 Å². The van der Waals surface area contributed by atoms with Crippen LogP contribution in [-0.2, 0) is 4.74 Å². The highest BCUT2D eigenvalue weighted by Gasteiger charge is 2.49. The lowest BCUT2D eigenvalue weighted by molar-refractivity contribution is 0.0870. The zero-order valence-corrected chi connectivity index (χ0v) is 12.6. The summed E-state index contributed by atoms with van der Waals surface area (Å²) in [6, 6.07) is 3.27. The van der Waals surface area contributed by atoms with Gasteiger partial charge in [-0.2, -0.15) is 5.26 Å². The Balaban J connectivity index is 1.55. The zero-order chi connectivity index (χ0) is 14.0. The molecule has 0 aromatic rings. The average molecular weight is 277 g/mol. The first kappa shape index (κ1) is 14.3. The van der Waals surface area contributed by atoms with E-state index in [0.717, 1.165) is 26.2 Å². The fourth-order valence-corrected chi connectivity index (χ4v) is 3.52. The summed E-state index contributed by atoms with van der Waals surface area (Å²) in [5.41, 5.74) is -0.269. The van der Waals surface area contributed by atoms with Gasteiger partial charge in [0, 0.05) is 26.3 Å². The quantitative estimate of drug-likeness (QED) is 0.770. The lowest BCUT2D eigenvalue weighted by Crippen LogP contribution is -2.56. The van der Waals surface area contributed by atoms with Crippen molar-refractivity contribution in [2.24, 2.45) is 11.8 Å². The number of ether oxygens (including phenoxy) is 1. The molecule has 0 bridgehead atoms. The van der Waals surface area contributed by atoms with Crippen LogP contribution in [0.3, 0.4) is 0 Å². The first-order valence-corrected chi connectivity index (χ1v) is 8.16. The second kappa shape index (κ2) is 6.01. The number of nitriles is 1. The van der Waals surface area contributed by atoms with Crippen molar-refractivity contribution in [3.05, 3.63) is 0 Å². The SMILES string of the molecule is COCC1CCN(CC(C#N)(NC2CC2)C2CC2)CC1. The van der Waals surface area contributed by atoms with Gasteiger partial charge in [0.25, 0.3) is 0 Å². The van der Waals surface area contributed by atoms with E-state index in [1.54, 1.807) is 7.11 Å². The topological polar surface area (TPSA) is 48.3 Å². The van der Waals surface area contributed by atoms with Crippen LogP contribution in [0.2, 0.25) is 0 Å². The molecule has 0 amide bonds. The fraction of sp³-hybridized carbons (Fsp3) is 0.938. The van der Waals surface area contributed by atoms with Gasteiger partial charge in [0.1, 0.15) is 5.54 Å². The minimum Gasteiger partial charge on any atom is -0.384 e. The predicted octanol–water partition coefficient (Wildman–Crippen LogP) is 1.77. The summed E-state index contributed by atoms with van der Waals surface area (Å²) >= 11 is 0. The summed E-state index contributed by atoms with van der Waals surface area (Å²) in [6.45, 7) is 4.05. The van der Waals surface area contributed by atoms with Crippen LogP contribution in [-0.4, -0.2) is 49.8 Å². The second-order valence-electron chi connectivity index (χ2n) is 6.95. The number of hydrogen-bond acceptors (Lipinski definition) is 4. The Bertz CT molecular complexity index is 364. The molecule has 1 atom stereocenters. The monoisotopic (exact) mass is 277 g/mol. The van der Waals surface area contributed by atoms with Gasteiger partial charge in [0.2, 0.25) is 0 Å². The third-order valence-corrected chi connectivity index (χ3v) is 5.10. The Morgan fingerprint density at radius 1 is 1.20 bits per heavy atom. The van der Waals surface area contributed by atoms with Gasteiger partial charge in [-0.1, -0.05) is 0 Å². The number of likely N-dealkylation sites (tertiary alicyclic amines) is 1.